The molecule has 0 unspecified atom stereocenters. The molecule has 0 aliphatic carbocycles. The summed E-state index contributed by atoms with van der Waals surface area (Å²) >= 11 is 3.52. The minimum atomic E-state index is 0.722. The molecule has 0 saturated heterocycles. The molecule has 3 rings (SSSR count). The lowest BCUT2D eigenvalue weighted by molar-refractivity contribution is 0.833. The topological polar surface area (TPSA) is 29.9 Å². The van der Waals surface area contributed by atoms with Crippen LogP contribution < -0.4 is 5.32 Å². The van der Waals surface area contributed by atoms with E-state index < -0.39 is 0 Å². The highest BCUT2D eigenvalue weighted by atomic mass is 79.9. The molecule has 3 aromatic rings. The van der Waals surface area contributed by atoms with Crippen LogP contribution in [0.4, 0.5) is 5.69 Å². The number of nitrogens with one attached hydrogen (secondary N) is 1. The Morgan fingerprint density at radius 3 is 2.76 bits per heavy atom. The average molecular weight is 344 g/mol. The van der Waals surface area contributed by atoms with Crippen molar-refractivity contribution in [3.63, 3.8) is 0 Å². The number of hydrogen-bond acceptors (Lipinski definition) is 2. The second-order valence-corrected chi connectivity index (χ2v) is 6.00. The molecular formula is C17H18BrN3. The number of anilines is 1. The molecule has 0 atom stereocenters. The lowest BCUT2D eigenvalue weighted by atomic mass is 10.1. The summed E-state index contributed by atoms with van der Waals surface area (Å²) in [5.74, 6) is 1.04. The molecule has 1 heterocycles. The van der Waals surface area contributed by atoms with Gasteiger partial charge < -0.3 is 9.88 Å². The van der Waals surface area contributed by atoms with Gasteiger partial charge in [-0.25, -0.2) is 4.98 Å². The fraction of sp³-hybridized carbons (Fsp3) is 0.235. The number of halogens is 1. The summed E-state index contributed by atoms with van der Waals surface area (Å²) < 4.78 is 3.26. The Bertz CT molecular complexity index is 777. The van der Waals surface area contributed by atoms with E-state index >= 15 is 0 Å². The third-order valence-electron chi connectivity index (χ3n) is 3.76. The smallest absolute Gasteiger partial charge is 0.128 e. The van der Waals surface area contributed by atoms with Crippen LogP contribution in [0, 0.1) is 0 Å². The minimum Gasteiger partial charge on any atom is -0.378 e. The molecule has 108 valence electrons. The highest BCUT2D eigenvalue weighted by Gasteiger charge is 2.08. The van der Waals surface area contributed by atoms with Gasteiger partial charge in [-0.3, -0.25) is 0 Å². The first-order valence-electron chi connectivity index (χ1n) is 7.11. The minimum absolute atomic E-state index is 0.722. The Morgan fingerprint density at radius 1 is 1.19 bits per heavy atom. The highest BCUT2D eigenvalue weighted by molar-refractivity contribution is 9.10. The van der Waals surface area contributed by atoms with E-state index in [1.54, 1.807) is 0 Å². The van der Waals surface area contributed by atoms with Gasteiger partial charge in [-0.1, -0.05) is 35.0 Å². The number of imidazole rings is 1. The third-order valence-corrected chi connectivity index (χ3v) is 4.26. The molecule has 0 radical (unpaired) electrons. The zero-order valence-corrected chi connectivity index (χ0v) is 13.8. The third kappa shape index (κ3) is 2.81. The summed E-state index contributed by atoms with van der Waals surface area (Å²) in [4.78, 5) is 4.69. The van der Waals surface area contributed by atoms with Crippen LogP contribution in [0.25, 0.3) is 11.0 Å². The van der Waals surface area contributed by atoms with Crippen LogP contribution in [0.15, 0.2) is 46.9 Å². The molecule has 0 bridgehead atoms. The second kappa shape index (κ2) is 5.90. The predicted octanol–water partition coefficient (Wildman–Crippen LogP) is 4.51. The fourth-order valence-electron chi connectivity index (χ4n) is 2.56. The Morgan fingerprint density at radius 2 is 2.00 bits per heavy atom. The summed E-state index contributed by atoms with van der Waals surface area (Å²) in [6, 6.07) is 14.6. The molecule has 1 N–H and O–H groups in total. The van der Waals surface area contributed by atoms with E-state index in [9.17, 15) is 0 Å². The maximum atomic E-state index is 4.69. The average Bonchev–Trinajstić information content (AvgIpc) is 2.83. The van der Waals surface area contributed by atoms with Crippen molar-refractivity contribution in [2.24, 2.45) is 7.05 Å². The van der Waals surface area contributed by atoms with Crippen molar-refractivity contribution >= 4 is 32.7 Å². The molecule has 1 aromatic heterocycles. The summed E-state index contributed by atoms with van der Waals surface area (Å²) in [5.41, 5.74) is 4.69. The van der Waals surface area contributed by atoms with E-state index in [1.165, 1.54) is 16.8 Å². The maximum absolute atomic E-state index is 4.69. The molecule has 4 heteroatoms. The number of aryl methyl sites for hydroxylation is 2. The van der Waals surface area contributed by atoms with Gasteiger partial charge in [-0.15, -0.1) is 0 Å². The van der Waals surface area contributed by atoms with Gasteiger partial charge in [0.1, 0.15) is 5.82 Å². The fourth-order valence-corrected chi connectivity index (χ4v) is 2.96. The largest absolute Gasteiger partial charge is 0.378 e. The van der Waals surface area contributed by atoms with Crippen molar-refractivity contribution in [2.45, 2.75) is 19.9 Å². The summed E-state index contributed by atoms with van der Waals surface area (Å²) in [5, 5.41) is 3.51. The van der Waals surface area contributed by atoms with Gasteiger partial charge in [0.05, 0.1) is 17.6 Å². The van der Waals surface area contributed by atoms with Crippen LogP contribution in [0.1, 0.15) is 18.3 Å². The van der Waals surface area contributed by atoms with E-state index in [-0.39, 0.29) is 0 Å². The van der Waals surface area contributed by atoms with Crippen molar-refractivity contribution < 1.29 is 0 Å². The first-order valence-corrected chi connectivity index (χ1v) is 7.91. The van der Waals surface area contributed by atoms with Crippen molar-refractivity contribution in [3.8, 4) is 0 Å². The van der Waals surface area contributed by atoms with Crippen LogP contribution >= 0.6 is 15.9 Å². The Labute approximate surface area is 133 Å². The summed E-state index contributed by atoms with van der Waals surface area (Å²) in [7, 11) is 2.06. The lowest BCUT2D eigenvalue weighted by Gasteiger charge is -2.11. The normalized spacial score (nSPS) is 11.0. The first kappa shape index (κ1) is 14.1. The molecule has 0 amide bonds. The van der Waals surface area contributed by atoms with Crippen LogP contribution in [0.5, 0.6) is 0 Å². The first-order chi connectivity index (χ1) is 10.2. The monoisotopic (exact) mass is 343 g/mol. The number of aromatic nitrogens is 2. The molecule has 2 aromatic carbocycles. The predicted molar refractivity (Wildman–Crippen MR) is 91.6 cm³/mol. The van der Waals surface area contributed by atoms with E-state index in [2.05, 4.69) is 70.1 Å². The van der Waals surface area contributed by atoms with Crippen LogP contribution in [-0.2, 0) is 20.0 Å². The number of rotatable bonds is 4. The molecular weight excluding hydrogens is 326 g/mol. The molecule has 0 aliphatic rings. The van der Waals surface area contributed by atoms with E-state index in [0.29, 0.717) is 0 Å². The molecule has 3 nitrogen and oxygen atoms in total. The lowest BCUT2D eigenvalue weighted by Crippen LogP contribution is -2.07. The van der Waals surface area contributed by atoms with E-state index in [0.717, 1.165) is 28.8 Å². The van der Waals surface area contributed by atoms with Gasteiger partial charge in [-0.05, 0) is 42.3 Å². The van der Waals surface area contributed by atoms with Crippen molar-refractivity contribution in [2.75, 3.05) is 5.32 Å². The van der Waals surface area contributed by atoms with Gasteiger partial charge in [0.25, 0.3) is 0 Å². The van der Waals surface area contributed by atoms with Crippen LogP contribution in [-0.4, -0.2) is 9.55 Å². The van der Waals surface area contributed by atoms with Crippen LogP contribution in [0.3, 0.4) is 0 Å². The van der Waals surface area contributed by atoms with Gasteiger partial charge in [0.2, 0.25) is 0 Å². The van der Waals surface area contributed by atoms with Gasteiger partial charge in [-0.2, -0.15) is 0 Å². The van der Waals surface area contributed by atoms with Crippen molar-refractivity contribution in [1.82, 2.24) is 9.55 Å². The standard InChI is InChI=1S/C17H18BrN3/c1-3-12-10-13(18)8-9-14(12)19-11-17-20-15-6-4-5-7-16(15)21(17)2/h4-10,19H,3,11H2,1-2H3. The second-order valence-electron chi connectivity index (χ2n) is 5.08. The zero-order chi connectivity index (χ0) is 14.8. The van der Waals surface area contributed by atoms with Gasteiger partial charge >= 0.3 is 0 Å². The molecule has 0 aliphatic heterocycles. The van der Waals surface area contributed by atoms with Crippen LogP contribution in [0.2, 0.25) is 0 Å². The Hall–Kier alpha value is -1.81. The number of benzene rings is 2. The Kier molecular flexibility index (Phi) is 3.97. The Balaban J connectivity index is 1.85. The van der Waals surface area contributed by atoms with Gasteiger partial charge in [0.15, 0.2) is 0 Å². The molecule has 0 spiro atoms. The summed E-state index contributed by atoms with van der Waals surface area (Å²) in [6.07, 6.45) is 1.00. The van der Waals surface area contributed by atoms with Crippen molar-refractivity contribution in [1.29, 1.82) is 0 Å². The van der Waals surface area contributed by atoms with Gasteiger partial charge in [0, 0.05) is 17.2 Å². The zero-order valence-electron chi connectivity index (χ0n) is 12.2. The number of nitrogens with zero attached hydrogens (tertiary/aromatic N) is 2. The molecule has 0 saturated carbocycles. The number of fused-ring (bicyclic) bond motifs is 1. The molecule has 0 fully saturated rings. The highest BCUT2D eigenvalue weighted by Crippen LogP contribution is 2.22. The van der Waals surface area contributed by atoms with E-state index in [1.807, 2.05) is 12.1 Å². The maximum Gasteiger partial charge on any atom is 0.128 e. The van der Waals surface area contributed by atoms with Crippen molar-refractivity contribution in [3.05, 3.63) is 58.3 Å². The number of hydrogen-bond donors (Lipinski definition) is 1. The van der Waals surface area contributed by atoms with E-state index in [4.69, 9.17) is 4.98 Å². The molecule has 21 heavy (non-hydrogen) atoms. The SMILES string of the molecule is CCc1cc(Br)ccc1NCc1nc2ccccc2n1C. The quantitative estimate of drug-likeness (QED) is 0.755. The summed E-state index contributed by atoms with van der Waals surface area (Å²) in [6.45, 7) is 2.89. The number of para-hydroxylation sites is 2.